The van der Waals surface area contributed by atoms with E-state index in [0.717, 1.165) is 54.2 Å². The lowest BCUT2D eigenvalue weighted by molar-refractivity contribution is -0.157. The molecule has 9 rings (SSSR count). The van der Waals surface area contributed by atoms with Gasteiger partial charge in [0, 0.05) is 29.4 Å². The van der Waals surface area contributed by atoms with Crippen molar-refractivity contribution in [3.8, 4) is 22.6 Å². The normalized spacial score (nSPS) is 46.9. The van der Waals surface area contributed by atoms with Crippen LogP contribution in [0.25, 0.3) is 11.1 Å². The molecule has 4 nitrogen and oxygen atoms in total. The maximum atomic E-state index is 7.62. The molecule has 0 amide bonds. The minimum Gasteiger partial charge on any atom is -0.470 e. The molecule has 3 unspecified atom stereocenters. The van der Waals surface area contributed by atoms with Gasteiger partial charge in [0.15, 0.2) is 0 Å². The zero-order valence-electron chi connectivity index (χ0n) is 22.6. The molecule has 4 fully saturated rings. The molecule has 7 aliphatic rings. The fourth-order valence-electron chi connectivity index (χ4n) is 10.6. The van der Waals surface area contributed by atoms with E-state index in [0.29, 0.717) is 5.92 Å². The smallest absolute Gasteiger partial charge is 0.470 e. The first kappa shape index (κ1) is 22.0. The van der Waals surface area contributed by atoms with Crippen molar-refractivity contribution in [3.63, 3.8) is 0 Å². The topological polar surface area (TPSA) is 36.9 Å². The molecule has 7 bridgehead atoms. The zero-order valence-corrected chi connectivity index (χ0v) is 23.6. The Balaban J connectivity index is 1.33. The summed E-state index contributed by atoms with van der Waals surface area (Å²) in [5.41, 5.74) is 4.54. The molecule has 3 spiro atoms. The summed E-state index contributed by atoms with van der Waals surface area (Å²) in [6, 6.07) is 13.3. The molecule has 4 saturated carbocycles. The van der Waals surface area contributed by atoms with Gasteiger partial charge in [0.1, 0.15) is 11.5 Å². The molecule has 0 radical (unpaired) electrons. The van der Waals surface area contributed by atoms with Crippen LogP contribution >= 0.6 is 0 Å². The van der Waals surface area contributed by atoms with Crippen molar-refractivity contribution in [2.24, 2.45) is 28.1 Å². The highest BCUT2D eigenvalue weighted by molar-refractivity contribution is 6.56. The van der Waals surface area contributed by atoms with E-state index in [9.17, 15) is 0 Å². The highest BCUT2D eigenvalue weighted by Crippen LogP contribution is 2.73. The third-order valence-corrected chi connectivity index (χ3v) is 15.3. The maximum absolute atomic E-state index is 7.62. The molecular weight excluding hydrogens is 476 g/mol. The molecule has 0 aromatic heterocycles. The van der Waals surface area contributed by atoms with E-state index in [-0.39, 0.29) is 27.4 Å². The molecule has 3 aliphatic heterocycles. The van der Waals surface area contributed by atoms with Crippen molar-refractivity contribution in [1.82, 2.24) is 0 Å². The highest BCUT2D eigenvalue weighted by Gasteiger charge is 2.77. The van der Waals surface area contributed by atoms with E-state index >= 15 is 0 Å². The van der Waals surface area contributed by atoms with Gasteiger partial charge in [-0.15, -0.1) is 0 Å². The number of hydrogen-bond acceptors (Lipinski definition) is 4. The second kappa shape index (κ2) is 6.32. The summed E-state index contributed by atoms with van der Waals surface area (Å²) in [7, 11) is -3.64. The summed E-state index contributed by atoms with van der Waals surface area (Å²) in [4.78, 5) is 0. The monoisotopic (exact) mass is 514 g/mol. The average Bonchev–Trinajstić information content (AvgIpc) is 3.34. The summed E-state index contributed by atoms with van der Waals surface area (Å²) in [5.74, 6) is 3.29. The SMILES string of the molecule is CC1(C)[C@@H]2CC[C@@]1(C)C1(Cc3cccc4c3O[Si]3(Oc5c(cccc5-4)CC4(C[C@H]5CC[C@]4(C)C5)O3)O1)C2. The van der Waals surface area contributed by atoms with Gasteiger partial charge in [-0.05, 0) is 78.7 Å². The molecule has 4 aliphatic carbocycles. The fourth-order valence-corrected chi connectivity index (χ4v) is 13.6. The maximum Gasteiger partial charge on any atom is 0.821 e. The molecule has 194 valence electrons. The van der Waals surface area contributed by atoms with E-state index in [1.165, 1.54) is 43.2 Å². The minimum absolute atomic E-state index is 0.0396. The second-order valence-corrected chi connectivity index (χ2v) is 16.5. The van der Waals surface area contributed by atoms with Crippen LogP contribution in [-0.2, 0) is 21.7 Å². The van der Waals surface area contributed by atoms with E-state index in [4.69, 9.17) is 17.7 Å². The van der Waals surface area contributed by atoms with Crippen LogP contribution in [0.3, 0.4) is 0 Å². The highest BCUT2D eigenvalue weighted by atomic mass is 28.4. The van der Waals surface area contributed by atoms with Crippen molar-refractivity contribution < 1.29 is 17.7 Å². The van der Waals surface area contributed by atoms with E-state index in [2.05, 4.69) is 64.1 Å². The Kier molecular flexibility index (Phi) is 3.76. The number of rotatable bonds is 0. The summed E-state index contributed by atoms with van der Waals surface area (Å²) >= 11 is 0. The van der Waals surface area contributed by atoms with Crippen molar-refractivity contribution in [2.45, 2.75) is 96.7 Å². The average molecular weight is 515 g/mol. The molecule has 37 heavy (non-hydrogen) atoms. The van der Waals surface area contributed by atoms with Crippen LogP contribution in [0, 0.1) is 28.1 Å². The van der Waals surface area contributed by atoms with Crippen LogP contribution in [0.1, 0.15) is 83.8 Å². The third kappa shape index (κ3) is 2.37. The lowest BCUT2D eigenvalue weighted by atomic mass is 9.63. The number of hydrogen-bond donors (Lipinski definition) is 0. The van der Waals surface area contributed by atoms with Crippen LogP contribution in [0.5, 0.6) is 11.5 Å². The lowest BCUT2D eigenvalue weighted by Crippen LogP contribution is -2.67. The van der Waals surface area contributed by atoms with Crippen LogP contribution in [0.2, 0.25) is 0 Å². The molecule has 0 N–H and O–H groups in total. The molecule has 2 aromatic carbocycles. The van der Waals surface area contributed by atoms with Gasteiger partial charge in [-0.3, -0.25) is 0 Å². The largest absolute Gasteiger partial charge is 0.821 e. The number of para-hydroxylation sites is 2. The Hall–Kier alpha value is -1.82. The Labute approximate surface area is 221 Å². The standard InChI is InChI=1S/C32H38O4Si/c1-28(2)23-12-14-30(28,4)32(19-23)18-22-8-6-10-25-24-9-5-7-21-17-31(16-20-11-13-29(31,3)15-20)35-37(36-32,33-26(21)24)34-27(22)25/h5-10,20,23H,11-19H2,1-4H3/t20-,23+,29+,30+,31?,32?,37?/m0/s1. The quantitative estimate of drug-likeness (QED) is 0.347. The minimum atomic E-state index is -3.64. The first-order chi connectivity index (χ1) is 17.6. The van der Waals surface area contributed by atoms with Crippen LogP contribution in [-0.4, -0.2) is 20.3 Å². The van der Waals surface area contributed by atoms with Gasteiger partial charge in [-0.25, -0.2) is 0 Å². The first-order valence-electron chi connectivity index (χ1n) is 14.6. The number of benzene rings is 2. The molecule has 5 heteroatoms. The number of fused-ring (bicyclic) bond motifs is 7. The van der Waals surface area contributed by atoms with Gasteiger partial charge in [0.2, 0.25) is 0 Å². The second-order valence-electron chi connectivity index (χ2n) is 14.7. The summed E-state index contributed by atoms with van der Waals surface area (Å²) < 4.78 is 29.5. The van der Waals surface area contributed by atoms with E-state index < -0.39 is 9.05 Å². The Morgan fingerprint density at radius 1 is 0.730 bits per heavy atom. The van der Waals surface area contributed by atoms with Gasteiger partial charge in [-0.1, -0.05) is 64.1 Å². The molecule has 7 atom stereocenters. The van der Waals surface area contributed by atoms with Crippen LogP contribution < -0.4 is 8.85 Å². The summed E-state index contributed by atoms with van der Waals surface area (Å²) in [6.45, 7) is 9.92. The van der Waals surface area contributed by atoms with Crippen molar-refractivity contribution in [3.05, 3.63) is 47.5 Å². The molecular formula is C32H38O4Si. The summed E-state index contributed by atoms with van der Waals surface area (Å²) in [6.07, 6.45) is 10.2. The predicted octanol–water partition coefficient (Wildman–Crippen LogP) is 7.24. The van der Waals surface area contributed by atoms with Gasteiger partial charge >= 0.3 is 9.05 Å². The van der Waals surface area contributed by atoms with E-state index in [1.807, 2.05) is 0 Å². The van der Waals surface area contributed by atoms with Crippen molar-refractivity contribution >= 4 is 9.05 Å². The predicted molar refractivity (Wildman–Crippen MR) is 143 cm³/mol. The molecule has 0 saturated heterocycles. The van der Waals surface area contributed by atoms with Gasteiger partial charge in [-0.2, -0.15) is 0 Å². The van der Waals surface area contributed by atoms with Crippen LogP contribution in [0.15, 0.2) is 36.4 Å². The summed E-state index contributed by atoms with van der Waals surface area (Å²) in [5, 5.41) is 0. The van der Waals surface area contributed by atoms with Gasteiger partial charge in [0.25, 0.3) is 0 Å². The Morgan fingerprint density at radius 2 is 1.38 bits per heavy atom. The fraction of sp³-hybridized carbons (Fsp3) is 0.625. The molecule has 2 aromatic rings. The Morgan fingerprint density at radius 3 is 1.92 bits per heavy atom. The van der Waals surface area contributed by atoms with Crippen LogP contribution in [0.4, 0.5) is 0 Å². The zero-order chi connectivity index (χ0) is 25.1. The lowest BCUT2D eigenvalue weighted by Gasteiger charge is -2.51. The third-order valence-electron chi connectivity index (χ3n) is 13.1. The first-order valence-corrected chi connectivity index (χ1v) is 16.3. The van der Waals surface area contributed by atoms with Crippen molar-refractivity contribution in [1.29, 1.82) is 0 Å². The Bertz CT molecular complexity index is 1380. The van der Waals surface area contributed by atoms with Gasteiger partial charge in [0.05, 0.1) is 11.2 Å². The van der Waals surface area contributed by atoms with E-state index in [1.54, 1.807) is 0 Å². The molecule has 3 heterocycles. The van der Waals surface area contributed by atoms with Crippen molar-refractivity contribution in [2.75, 3.05) is 0 Å². The van der Waals surface area contributed by atoms with Gasteiger partial charge < -0.3 is 17.7 Å².